The smallest absolute Gasteiger partial charge is 0.228 e. The fourth-order valence-electron chi connectivity index (χ4n) is 0.898. The summed E-state index contributed by atoms with van der Waals surface area (Å²) in [6, 6.07) is 6.67. The van der Waals surface area contributed by atoms with Crippen LogP contribution >= 0.6 is 8.46 Å². The lowest BCUT2D eigenvalue weighted by Crippen LogP contribution is -1.82. The molecule has 0 bridgehead atoms. The second-order valence-corrected chi connectivity index (χ2v) is 3.15. The average Bonchev–Trinajstić information content (AvgIpc) is 2.14. The van der Waals surface area contributed by atoms with Crippen molar-refractivity contribution in [1.82, 2.24) is 0 Å². The van der Waals surface area contributed by atoms with E-state index in [9.17, 15) is 0 Å². The van der Waals surface area contributed by atoms with Crippen LogP contribution in [-0.2, 0) is 9.36 Å². The van der Waals surface area contributed by atoms with Gasteiger partial charge in [-0.05, 0) is 37.5 Å². The van der Waals surface area contributed by atoms with Crippen LogP contribution in [-0.4, -0.2) is 6.03 Å². The molecule has 0 amide bonds. The lowest BCUT2D eigenvalue weighted by molar-refractivity contribution is 0.562. The van der Waals surface area contributed by atoms with Gasteiger partial charge in [0, 0.05) is 0 Å². The predicted octanol–water partition coefficient (Wildman–Crippen LogP) is 3.08. The van der Waals surface area contributed by atoms with Crippen molar-refractivity contribution in [1.29, 1.82) is 0 Å². The van der Waals surface area contributed by atoms with Crippen LogP contribution in [0.2, 0.25) is 0 Å². The normalized spacial score (nSPS) is 8.85. The molecule has 1 aromatic rings. The third-order valence-corrected chi connectivity index (χ3v) is 2.00. The molecule has 0 aliphatic rings. The van der Waals surface area contributed by atoms with E-state index >= 15 is 0 Å². The first kappa shape index (κ1) is 12.0. The van der Waals surface area contributed by atoms with Gasteiger partial charge in [0.1, 0.15) is 0 Å². The van der Waals surface area contributed by atoms with Crippen LogP contribution in [0.3, 0.4) is 0 Å². The molecule has 0 aromatic heterocycles. The summed E-state index contributed by atoms with van der Waals surface area (Å²) in [5.74, 6) is 0. The number of benzene rings is 1. The topological polar surface area (TPSA) is 34.1 Å². The second-order valence-electron chi connectivity index (χ2n) is 2.73. The van der Waals surface area contributed by atoms with Crippen molar-refractivity contribution in [2.45, 2.75) is 20.8 Å². The Kier molecular flexibility index (Phi) is 5.99. The van der Waals surface area contributed by atoms with E-state index in [2.05, 4.69) is 39.0 Å². The molecule has 0 aliphatic carbocycles. The molecule has 0 saturated heterocycles. The lowest BCUT2D eigenvalue weighted by atomic mass is 10.1. The minimum absolute atomic E-state index is 0.292. The van der Waals surface area contributed by atoms with E-state index in [4.69, 9.17) is 9.36 Å². The quantitative estimate of drug-likeness (QED) is 0.511. The molecule has 13 heavy (non-hydrogen) atoms. The highest BCUT2D eigenvalue weighted by atomic mass is 31.1. The van der Waals surface area contributed by atoms with Crippen LogP contribution in [0.15, 0.2) is 18.2 Å². The Labute approximate surface area is 80.2 Å². The van der Waals surface area contributed by atoms with Gasteiger partial charge in [0.25, 0.3) is 0 Å². The molecule has 0 N–H and O–H groups in total. The van der Waals surface area contributed by atoms with E-state index in [0.29, 0.717) is 6.03 Å². The highest BCUT2D eigenvalue weighted by Crippen LogP contribution is 2.09. The average molecular weight is 196 g/mol. The molecule has 1 rings (SSSR count). The molecular formula is C10H13O2P. The number of rotatable bonds is 1. The Morgan fingerprint density at radius 1 is 1.15 bits per heavy atom. The maximum Gasteiger partial charge on any atom is 0.228 e. The van der Waals surface area contributed by atoms with E-state index in [1.54, 1.807) is 0 Å². The molecule has 0 saturated carbocycles. The fourth-order valence-corrected chi connectivity index (χ4v) is 0.898. The fraction of sp³-hybridized carbons (Fsp3) is 0.300. The van der Waals surface area contributed by atoms with Gasteiger partial charge in [-0.3, -0.25) is 9.36 Å². The maximum atomic E-state index is 8.90. The number of aryl methyl sites for hydroxylation is 2. The first-order valence-corrected chi connectivity index (χ1v) is 4.80. The van der Waals surface area contributed by atoms with E-state index in [-0.39, 0.29) is 0 Å². The molecule has 0 atom stereocenters. The van der Waals surface area contributed by atoms with E-state index in [1.165, 1.54) is 16.7 Å². The first-order chi connectivity index (χ1) is 6.13. The predicted molar refractivity (Wildman–Crippen MR) is 55.0 cm³/mol. The summed E-state index contributed by atoms with van der Waals surface area (Å²) in [6.45, 7) is 6.44. The van der Waals surface area contributed by atoms with Gasteiger partial charge in [-0.2, -0.15) is 0 Å². The molecule has 0 fully saturated rings. The Morgan fingerprint density at radius 2 is 1.54 bits per heavy atom. The standard InChI is InChI=1S/C9H12.CHO2P/c1-7-5-4-6-8(2)9(7)3;2-1-4-3/h4-6H,1-3H3;1H. The van der Waals surface area contributed by atoms with Crippen molar-refractivity contribution in [2.75, 3.05) is 0 Å². The molecular weight excluding hydrogens is 183 g/mol. The minimum atomic E-state index is -0.432. The highest BCUT2D eigenvalue weighted by molar-refractivity contribution is 7.42. The summed E-state index contributed by atoms with van der Waals surface area (Å²) >= 11 is 0. The van der Waals surface area contributed by atoms with Crippen molar-refractivity contribution in [2.24, 2.45) is 0 Å². The Balaban J connectivity index is 0.000000310. The van der Waals surface area contributed by atoms with Crippen LogP contribution in [0.1, 0.15) is 16.7 Å². The van der Waals surface area contributed by atoms with E-state index < -0.39 is 8.46 Å². The third-order valence-electron chi connectivity index (χ3n) is 1.92. The van der Waals surface area contributed by atoms with Crippen molar-refractivity contribution in [3.05, 3.63) is 34.9 Å². The first-order valence-electron chi connectivity index (χ1n) is 3.92. The number of hydrogen-bond acceptors (Lipinski definition) is 2. The zero-order valence-electron chi connectivity index (χ0n) is 8.07. The molecule has 1 aromatic carbocycles. The van der Waals surface area contributed by atoms with E-state index in [0.717, 1.165) is 0 Å². The van der Waals surface area contributed by atoms with Gasteiger partial charge in [0.15, 0.2) is 0 Å². The number of carbonyl (C=O) groups is 1. The van der Waals surface area contributed by atoms with Crippen molar-refractivity contribution < 1.29 is 9.36 Å². The summed E-state index contributed by atoms with van der Waals surface area (Å²) in [5, 5.41) is 0. The molecule has 0 aliphatic heterocycles. The third kappa shape index (κ3) is 4.54. The molecule has 0 unspecified atom stereocenters. The summed E-state index contributed by atoms with van der Waals surface area (Å²) in [4.78, 5) is 8.85. The molecule has 70 valence electrons. The SMILES string of the molecule is Cc1cccc(C)c1C.O=CP=O. The van der Waals surface area contributed by atoms with Crippen LogP contribution in [0.5, 0.6) is 0 Å². The molecule has 0 heterocycles. The summed E-state index contributed by atoms with van der Waals surface area (Å²) in [5.41, 5.74) is 4.18. The van der Waals surface area contributed by atoms with Crippen LogP contribution in [0.4, 0.5) is 0 Å². The molecule has 0 spiro atoms. The second kappa shape index (κ2) is 6.50. The largest absolute Gasteiger partial charge is 0.290 e. The molecule has 2 nitrogen and oxygen atoms in total. The van der Waals surface area contributed by atoms with Gasteiger partial charge < -0.3 is 0 Å². The van der Waals surface area contributed by atoms with Gasteiger partial charge in [-0.25, -0.2) is 0 Å². The van der Waals surface area contributed by atoms with Crippen LogP contribution < -0.4 is 0 Å². The van der Waals surface area contributed by atoms with Gasteiger partial charge in [0.05, 0.1) is 0 Å². The number of hydrogen-bond donors (Lipinski definition) is 0. The maximum absolute atomic E-state index is 8.90. The van der Waals surface area contributed by atoms with Crippen LogP contribution in [0, 0.1) is 20.8 Å². The summed E-state index contributed by atoms with van der Waals surface area (Å²) < 4.78 is 8.90. The van der Waals surface area contributed by atoms with Gasteiger partial charge in [0.2, 0.25) is 14.5 Å². The highest BCUT2D eigenvalue weighted by Gasteiger charge is 1.91. The Bertz CT molecular complexity index is 269. The Morgan fingerprint density at radius 3 is 1.77 bits per heavy atom. The van der Waals surface area contributed by atoms with E-state index in [1.807, 2.05) is 0 Å². The van der Waals surface area contributed by atoms with Crippen molar-refractivity contribution in [3.63, 3.8) is 0 Å². The van der Waals surface area contributed by atoms with Gasteiger partial charge in [-0.1, -0.05) is 18.2 Å². The summed E-state index contributed by atoms with van der Waals surface area (Å²) in [7, 11) is -0.432. The Hall–Kier alpha value is -1.01. The molecule has 0 radical (unpaired) electrons. The van der Waals surface area contributed by atoms with Crippen molar-refractivity contribution in [3.8, 4) is 0 Å². The number of carbonyl (C=O) groups excluding carboxylic acids is 1. The lowest BCUT2D eigenvalue weighted by Gasteiger charge is -2.00. The van der Waals surface area contributed by atoms with Crippen molar-refractivity contribution >= 4 is 14.5 Å². The summed E-state index contributed by atoms with van der Waals surface area (Å²) in [6.07, 6.45) is 0. The van der Waals surface area contributed by atoms with Crippen LogP contribution in [0.25, 0.3) is 0 Å². The minimum Gasteiger partial charge on any atom is -0.290 e. The zero-order valence-corrected chi connectivity index (χ0v) is 8.97. The zero-order chi connectivity index (χ0) is 10.3. The van der Waals surface area contributed by atoms with Gasteiger partial charge >= 0.3 is 0 Å². The monoisotopic (exact) mass is 196 g/mol. The molecule has 3 heteroatoms. The van der Waals surface area contributed by atoms with Gasteiger partial charge in [-0.15, -0.1) is 0 Å².